The number of morpholine rings is 1. The number of guanidine groups is 1. The number of thiophene rings is 1. The summed E-state index contributed by atoms with van der Waals surface area (Å²) < 4.78 is 10.6. The van der Waals surface area contributed by atoms with E-state index >= 15 is 0 Å². The van der Waals surface area contributed by atoms with Crippen LogP contribution in [0.3, 0.4) is 0 Å². The second-order valence-electron chi connectivity index (χ2n) is 5.84. The van der Waals surface area contributed by atoms with Crippen LogP contribution in [-0.2, 0) is 9.47 Å². The first-order valence-electron chi connectivity index (χ1n) is 8.03. The summed E-state index contributed by atoms with van der Waals surface area (Å²) in [5, 5.41) is 3.16. The highest BCUT2D eigenvalue weighted by Gasteiger charge is 2.23. The Kier molecular flexibility index (Phi) is 10.1. The predicted octanol–water partition coefficient (Wildman–Crippen LogP) is 1.99. The second kappa shape index (κ2) is 11.2. The third-order valence-corrected chi connectivity index (χ3v) is 4.92. The maximum absolute atomic E-state index is 6.01. The molecule has 2 rings (SSSR count). The summed E-state index contributed by atoms with van der Waals surface area (Å²) >= 11 is 1.83. The molecule has 2 unspecified atom stereocenters. The van der Waals surface area contributed by atoms with E-state index in [4.69, 9.17) is 15.2 Å². The molecule has 2 heterocycles. The van der Waals surface area contributed by atoms with Gasteiger partial charge in [0.2, 0.25) is 0 Å². The van der Waals surface area contributed by atoms with E-state index in [-0.39, 0.29) is 36.1 Å². The molecule has 0 saturated carbocycles. The molecule has 1 aliphatic rings. The Hall–Kier alpha value is -0.420. The van der Waals surface area contributed by atoms with Gasteiger partial charge >= 0.3 is 0 Å². The Labute approximate surface area is 165 Å². The molecule has 0 spiro atoms. The van der Waals surface area contributed by atoms with Crippen LogP contribution in [0, 0.1) is 6.92 Å². The van der Waals surface area contributed by atoms with Gasteiger partial charge in [0.1, 0.15) is 0 Å². The topological polar surface area (TPSA) is 72.1 Å². The fourth-order valence-electron chi connectivity index (χ4n) is 2.68. The SMILES string of the molecule is COCC(C)NC(N)=NCC(c1ccc(C)s1)N1CCOCC1.I. The average molecular weight is 468 g/mol. The number of rotatable bonds is 7. The number of hydrogen-bond acceptors (Lipinski definition) is 5. The van der Waals surface area contributed by atoms with Gasteiger partial charge in [0, 0.05) is 36.0 Å². The molecule has 1 aromatic heterocycles. The van der Waals surface area contributed by atoms with Gasteiger partial charge in [0.25, 0.3) is 0 Å². The summed E-state index contributed by atoms with van der Waals surface area (Å²) in [5.74, 6) is 0.473. The van der Waals surface area contributed by atoms with Gasteiger partial charge in [-0.25, -0.2) is 0 Å². The molecule has 1 aliphatic heterocycles. The van der Waals surface area contributed by atoms with Crippen LogP contribution >= 0.6 is 35.3 Å². The van der Waals surface area contributed by atoms with Crippen LogP contribution in [0.15, 0.2) is 17.1 Å². The van der Waals surface area contributed by atoms with Crippen LogP contribution in [0.25, 0.3) is 0 Å². The van der Waals surface area contributed by atoms with E-state index in [0.29, 0.717) is 19.1 Å². The molecular weight excluding hydrogens is 439 g/mol. The fraction of sp³-hybridized carbons (Fsp3) is 0.688. The van der Waals surface area contributed by atoms with E-state index in [0.717, 1.165) is 26.3 Å². The van der Waals surface area contributed by atoms with E-state index in [1.54, 1.807) is 7.11 Å². The van der Waals surface area contributed by atoms with Crippen molar-refractivity contribution in [3.8, 4) is 0 Å². The molecule has 1 fully saturated rings. The number of nitrogens with zero attached hydrogens (tertiary/aromatic N) is 2. The summed E-state index contributed by atoms with van der Waals surface area (Å²) in [4.78, 5) is 9.65. The molecule has 3 N–H and O–H groups in total. The van der Waals surface area contributed by atoms with Crippen LogP contribution < -0.4 is 11.1 Å². The number of ether oxygens (including phenoxy) is 2. The molecule has 1 aromatic rings. The van der Waals surface area contributed by atoms with Gasteiger partial charge in [0.05, 0.1) is 32.4 Å². The smallest absolute Gasteiger partial charge is 0.188 e. The number of hydrogen-bond donors (Lipinski definition) is 2. The van der Waals surface area contributed by atoms with E-state index in [2.05, 4.69) is 34.3 Å². The van der Waals surface area contributed by atoms with Crippen molar-refractivity contribution in [2.24, 2.45) is 10.7 Å². The molecule has 0 aliphatic carbocycles. The number of methoxy groups -OCH3 is 1. The third-order valence-electron chi connectivity index (χ3n) is 3.82. The number of aryl methyl sites for hydroxylation is 1. The molecular formula is C16H29IN4O2S. The zero-order valence-electron chi connectivity index (χ0n) is 14.7. The monoisotopic (exact) mass is 468 g/mol. The van der Waals surface area contributed by atoms with Gasteiger partial charge in [0.15, 0.2) is 5.96 Å². The average Bonchev–Trinajstić information content (AvgIpc) is 2.95. The second-order valence-corrected chi connectivity index (χ2v) is 7.16. The maximum atomic E-state index is 6.01. The van der Waals surface area contributed by atoms with E-state index in [1.807, 2.05) is 18.3 Å². The third kappa shape index (κ3) is 6.83. The number of aliphatic imine (C=N–C) groups is 1. The quantitative estimate of drug-likeness (QED) is 0.364. The van der Waals surface area contributed by atoms with E-state index in [9.17, 15) is 0 Å². The maximum Gasteiger partial charge on any atom is 0.188 e. The molecule has 0 amide bonds. The first kappa shape index (κ1) is 21.6. The Morgan fingerprint density at radius 3 is 2.75 bits per heavy atom. The lowest BCUT2D eigenvalue weighted by molar-refractivity contribution is 0.0186. The molecule has 0 radical (unpaired) electrons. The molecule has 0 bridgehead atoms. The number of halogens is 1. The molecule has 6 nitrogen and oxygen atoms in total. The summed E-state index contributed by atoms with van der Waals surface area (Å²) in [6.45, 7) is 8.84. The van der Waals surface area contributed by atoms with Crippen LogP contribution in [0.1, 0.15) is 22.7 Å². The summed E-state index contributed by atoms with van der Waals surface area (Å²) in [6, 6.07) is 4.77. The summed E-state index contributed by atoms with van der Waals surface area (Å²) in [7, 11) is 1.68. The Morgan fingerprint density at radius 1 is 1.46 bits per heavy atom. The standard InChI is InChI=1S/C16H28N4O2S.HI/c1-12(11-21-3)19-16(17)18-10-14(15-5-4-13(2)23-15)20-6-8-22-9-7-20;/h4-5,12,14H,6-11H2,1-3H3,(H3,17,18,19);1H. The lowest BCUT2D eigenvalue weighted by Gasteiger charge is -2.33. The van der Waals surface area contributed by atoms with Crippen molar-refractivity contribution in [2.75, 3.05) is 46.6 Å². The zero-order chi connectivity index (χ0) is 16.7. The Morgan fingerprint density at radius 2 is 2.17 bits per heavy atom. The van der Waals surface area contributed by atoms with Crippen LogP contribution in [0.5, 0.6) is 0 Å². The van der Waals surface area contributed by atoms with Crippen molar-refractivity contribution in [3.63, 3.8) is 0 Å². The lowest BCUT2D eigenvalue weighted by Crippen LogP contribution is -2.42. The van der Waals surface area contributed by atoms with Gasteiger partial charge in [-0.05, 0) is 26.0 Å². The molecule has 24 heavy (non-hydrogen) atoms. The Bertz CT molecular complexity index is 506. The van der Waals surface area contributed by atoms with Gasteiger partial charge in [-0.3, -0.25) is 9.89 Å². The highest BCUT2D eigenvalue weighted by Crippen LogP contribution is 2.28. The van der Waals surface area contributed by atoms with Gasteiger partial charge in [-0.2, -0.15) is 0 Å². The van der Waals surface area contributed by atoms with Gasteiger partial charge in [-0.15, -0.1) is 35.3 Å². The largest absolute Gasteiger partial charge is 0.383 e. The van der Waals surface area contributed by atoms with Crippen molar-refractivity contribution in [1.82, 2.24) is 10.2 Å². The predicted molar refractivity (Wildman–Crippen MR) is 111 cm³/mol. The highest BCUT2D eigenvalue weighted by molar-refractivity contribution is 14.0. The normalized spacial score (nSPS) is 18.7. The van der Waals surface area contributed by atoms with Gasteiger partial charge in [-0.1, -0.05) is 0 Å². The van der Waals surface area contributed by atoms with E-state index in [1.165, 1.54) is 9.75 Å². The fourth-order valence-corrected chi connectivity index (χ4v) is 3.69. The van der Waals surface area contributed by atoms with Gasteiger partial charge < -0.3 is 20.5 Å². The summed E-state index contributed by atoms with van der Waals surface area (Å²) in [6.07, 6.45) is 0. The van der Waals surface area contributed by atoms with Crippen molar-refractivity contribution in [1.29, 1.82) is 0 Å². The minimum Gasteiger partial charge on any atom is -0.383 e. The van der Waals surface area contributed by atoms with Crippen LogP contribution in [-0.4, -0.2) is 63.5 Å². The first-order chi connectivity index (χ1) is 11.1. The first-order valence-corrected chi connectivity index (χ1v) is 8.85. The number of nitrogens with one attached hydrogen (secondary N) is 1. The molecule has 2 atom stereocenters. The molecule has 8 heteroatoms. The highest BCUT2D eigenvalue weighted by atomic mass is 127. The Balaban J connectivity index is 0.00000288. The zero-order valence-corrected chi connectivity index (χ0v) is 17.8. The minimum atomic E-state index is 0. The molecule has 0 aromatic carbocycles. The minimum absolute atomic E-state index is 0. The van der Waals surface area contributed by atoms with Crippen LogP contribution in [0.4, 0.5) is 0 Å². The van der Waals surface area contributed by atoms with Crippen molar-refractivity contribution < 1.29 is 9.47 Å². The van der Waals surface area contributed by atoms with Crippen LogP contribution in [0.2, 0.25) is 0 Å². The summed E-state index contributed by atoms with van der Waals surface area (Å²) in [5.41, 5.74) is 6.01. The lowest BCUT2D eigenvalue weighted by atomic mass is 10.2. The van der Waals surface area contributed by atoms with E-state index < -0.39 is 0 Å². The van der Waals surface area contributed by atoms with Crippen molar-refractivity contribution in [3.05, 3.63) is 21.9 Å². The molecule has 138 valence electrons. The van der Waals surface area contributed by atoms with Crippen molar-refractivity contribution in [2.45, 2.75) is 25.9 Å². The number of nitrogens with two attached hydrogens (primary N) is 1. The molecule has 1 saturated heterocycles. The van der Waals surface area contributed by atoms with Crippen molar-refractivity contribution >= 4 is 41.3 Å².